The summed E-state index contributed by atoms with van der Waals surface area (Å²) in [6.07, 6.45) is 2.43. The average Bonchev–Trinajstić information content (AvgIpc) is 2.57. The molecule has 1 rings (SSSR count). The lowest BCUT2D eigenvalue weighted by Crippen LogP contribution is -2.36. The van der Waals surface area contributed by atoms with Gasteiger partial charge in [0.2, 0.25) is 11.8 Å². The summed E-state index contributed by atoms with van der Waals surface area (Å²) in [7, 11) is 0. The quantitative estimate of drug-likeness (QED) is 0.510. The van der Waals surface area contributed by atoms with E-state index in [-0.39, 0.29) is 36.4 Å². The minimum Gasteiger partial charge on any atom is -0.354 e. The zero-order valence-corrected chi connectivity index (χ0v) is 14.9. The summed E-state index contributed by atoms with van der Waals surface area (Å²) in [5.41, 5.74) is 1.86. The molecule has 0 radical (unpaired) electrons. The fraction of sp³-hybridized carbons (Fsp3) is 0.526. The topological polar surface area (TPSA) is 75.3 Å². The number of carbonyl (C=O) groups excluding carboxylic acids is 3. The molecule has 0 saturated carbocycles. The Kier molecular flexibility index (Phi) is 8.76. The molecule has 5 nitrogen and oxygen atoms in total. The maximum absolute atomic E-state index is 12.1. The highest BCUT2D eigenvalue weighted by Gasteiger charge is 2.10. The van der Waals surface area contributed by atoms with E-state index in [1.807, 2.05) is 38.1 Å². The molecule has 0 fully saturated rings. The predicted octanol–water partition coefficient (Wildman–Crippen LogP) is 2.49. The Morgan fingerprint density at radius 2 is 1.58 bits per heavy atom. The Labute approximate surface area is 144 Å². The van der Waals surface area contributed by atoms with E-state index in [1.54, 1.807) is 0 Å². The Morgan fingerprint density at radius 1 is 0.958 bits per heavy atom. The van der Waals surface area contributed by atoms with Crippen LogP contribution >= 0.6 is 0 Å². The van der Waals surface area contributed by atoms with Gasteiger partial charge in [0, 0.05) is 37.4 Å². The van der Waals surface area contributed by atoms with E-state index in [1.165, 1.54) is 5.56 Å². The first-order valence-corrected chi connectivity index (χ1v) is 8.60. The van der Waals surface area contributed by atoms with Crippen LogP contribution in [0.2, 0.25) is 0 Å². The van der Waals surface area contributed by atoms with Crippen LogP contribution in [0.3, 0.4) is 0 Å². The second-order valence-corrected chi connectivity index (χ2v) is 6.17. The van der Waals surface area contributed by atoms with Crippen LogP contribution in [-0.2, 0) is 16.0 Å². The van der Waals surface area contributed by atoms with E-state index in [4.69, 9.17) is 0 Å². The van der Waals surface area contributed by atoms with Crippen LogP contribution in [0.5, 0.6) is 0 Å². The lowest BCUT2D eigenvalue weighted by atomic mass is 10.0. The molecule has 2 amide bonds. The summed E-state index contributed by atoms with van der Waals surface area (Å²) in [5.74, 6) is -0.306. The smallest absolute Gasteiger partial charge is 0.222 e. The normalized spacial score (nSPS) is 10.5. The number of carbonyl (C=O) groups is 3. The SMILES string of the molecule is CCCc1ccc(C(=O)CCC(=O)NCCNC(=O)C(C)C)cc1. The van der Waals surface area contributed by atoms with Gasteiger partial charge in [-0.3, -0.25) is 14.4 Å². The van der Waals surface area contributed by atoms with Crippen molar-refractivity contribution >= 4 is 17.6 Å². The molecule has 0 spiro atoms. The number of amides is 2. The van der Waals surface area contributed by atoms with E-state index in [2.05, 4.69) is 17.6 Å². The second kappa shape index (κ2) is 10.6. The molecule has 0 heterocycles. The van der Waals surface area contributed by atoms with Crippen molar-refractivity contribution in [1.82, 2.24) is 10.6 Å². The zero-order valence-electron chi connectivity index (χ0n) is 14.9. The number of rotatable bonds is 10. The molecule has 0 aromatic heterocycles. The number of ketones is 1. The lowest BCUT2D eigenvalue weighted by Gasteiger charge is -2.08. The molecule has 0 atom stereocenters. The van der Waals surface area contributed by atoms with E-state index in [9.17, 15) is 14.4 Å². The van der Waals surface area contributed by atoms with Crippen LogP contribution in [0.15, 0.2) is 24.3 Å². The first-order chi connectivity index (χ1) is 11.4. The van der Waals surface area contributed by atoms with Gasteiger partial charge in [0.15, 0.2) is 5.78 Å². The van der Waals surface area contributed by atoms with Crippen molar-refractivity contribution in [2.24, 2.45) is 5.92 Å². The fourth-order valence-corrected chi connectivity index (χ4v) is 2.20. The highest BCUT2D eigenvalue weighted by Crippen LogP contribution is 2.09. The fourth-order valence-electron chi connectivity index (χ4n) is 2.20. The van der Waals surface area contributed by atoms with Crippen LogP contribution in [0.4, 0.5) is 0 Å². The van der Waals surface area contributed by atoms with E-state index in [0.29, 0.717) is 18.7 Å². The van der Waals surface area contributed by atoms with E-state index < -0.39 is 0 Å². The Hall–Kier alpha value is -2.17. The molecule has 24 heavy (non-hydrogen) atoms. The minimum absolute atomic E-state index is 0.0266. The number of hydrogen-bond acceptors (Lipinski definition) is 3. The summed E-state index contributed by atoms with van der Waals surface area (Å²) in [5, 5.41) is 5.43. The van der Waals surface area contributed by atoms with Gasteiger partial charge in [-0.05, 0) is 12.0 Å². The molecule has 0 bridgehead atoms. The van der Waals surface area contributed by atoms with Gasteiger partial charge in [-0.2, -0.15) is 0 Å². The van der Waals surface area contributed by atoms with Gasteiger partial charge in [-0.15, -0.1) is 0 Å². The van der Waals surface area contributed by atoms with Crippen molar-refractivity contribution in [1.29, 1.82) is 0 Å². The van der Waals surface area contributed by atoms with E-state index in [0.717, 1.165) is 12.8 Å². The third-order valence-electron chi connectivity index (χ3n) is 3.66. The van der Waals surface area contributed by atoms with Gasteiger partial charge in [0.1, 0.15) is 0 Å². The minimum atomic E-state index is -0.176. The number of benzene rings is 1. The van der Waals surface area contributed by atoms with Crippen molar-refractivity contribution in [3.8, 4) is 0 Å². The molecule has 5 heteroatoms. The summed E-state index contributed by atoms with van der Waals surface area (Å²) in [4.78, 5) is 35.2. The molecule has 1 aromatic carbocycles. The van der Waals surface area contributed by atoms with Gasteiger partial charge >= 0.3 is 0 Å². The lowest BCUT2D eigenvalue weighted by molar-refractivity contribution is -0.124. The second-order valence-electron chi connectivity index (χ2n) is 6.17. The van der Waals surface area contributed by atoms with Crippen LogP contribution in [0.1, 0.15) is 56.0 Å². The molecule has 2 N–H and O–H groups in total. The molecule has 132 valence electrons. The molecule has 0 unspecified atom stereocenters. The summed E-state index contributed by atoms with van der Waals surface area (Å²) in [6, 6.07) is 7.59. The molecule has 0 aliphatic carbocycles. The van der Waals surface area contributed by atoms with Crippen molar-refractivity contribution in [2.75, 3.05) is 13.1 Å². The standard InChI is InChI=1S/C19H28N2O3/c1-4-5-15-6-8-16(9-7-15)17(22)10-11-18(23)20-12-13-21-19(24)14(2)3/h6-9,14H,4-5,10-13H2,1-3H3,(H,20,23)(H,21,24). The maximum Gasteiger partial charge on any atom is 0.222 e. The van der Waals surface area contributed by atoms with Crippen molar-refractivity contribution < 1.29 is 14.4 Å². The number of nitrogens with one attached hydrogen (secondary N) is 2. The largest absolute Gasteiger partial charge is 0.354 e. The van der Waals surface area contributed by atoms with E-state index >= 15 is 0 Å². The van der Waals surface area contributed by atoms with Crippen LogP contribution in [0, 0.1) is 5.92 Å². The molecule has 0 aliphatic heterocycles. The molecule has 0 aliphatic rings. The monoisotopic (exact) mass is 332 g/mol. The number of hydrogen-bond donors (Lipinski definition) is 2. The van der Waals surface area contributed by atoms with Gasteiger partial charge in [0.05, 0.1) is 0 Å². The summed E-state index contributed by atoms with van der Waals surface area (Å²) >= 11 is 0. The first-order valence-electron chi connectivity index (χ1n) is 8.60. The van der Waals surface area contributed by atoms with Crippen molar-refractivity contribution in [3.05, 3.63) is 35.4 Å². The highest BCUT2D eigenvalue weighted by atomic mass is 16.2. The predicted molar refractivity (Wildman–Crippen MR) is 94.9 cm³/mol. The Balaban J connectivity index is 2.26. The van der Waals surface area contributed by atoms with Crippen molar-refractivity contribution in [2.45, 2.75) is 46.5 Å². The van der Waals surface area contributed by atoms with Crippen molar-refractivity contribution in [3.63, 3.8) is 0 Å². The van der Waals surface area contributed by atoms with Crippen LogP contribution in [-0.4, -0.2) is 30.7 Å². The van der Waals surface area contributed by atoms with Gasteiger partial charge in [0.25, 0.3) is 0 Å². The van der Waals surface area contributed by atoms with Crippen LogP contribution < -0.4 is 10.6 Å². The maximum atomic E-state index is 12.1. The van der Waals surface area contributed by atoms with Gasteiger partial charge in [-0.25, -0.2) is 0 Å². The Morgan fingerprint density at radius 3 is 2.17 bits per heavy atom. The summed E-state index contributed by atoms with van der Waals surface area (Å²) in [6.45, 7) is 6.52. The summed E-state index contributed by atoms with van der Waals surface area (Å²) < 4.78 is 0. The number of aryl methyl sites for hydroxylation is 1. The first kappa shape index (κ1) is 19.9. The van der Waals surface area contributed by atoms with Gasteiger partial charge in [-0.1, -0.05) is 51.5 Å². The van der Waals surface area contributed by atoms with Crippen LogP contribution in [0.25, 0.3) is 0 Å². The Bertz CT molecular complexity index is 550. The molecule has 1 aromatic rings. The number of Topliss-reactive ketones (excluding diaryl/α,β-unsaturated/α-hetero) is 1. The van der Waals surface area contributed by atoms with Gasteiger partial charge < -0.3 is 10.6 Å². The molecule has 0 saturated heterocycles. The molecular formula is C19H28N2O3. The third-order valence-corrected chi connectivity index (χ3v) is 3.66. The highest BCUT2D eigenvalue weighted by molar-refractivity contribution is 5.97. The zero-order chi connectivity index (χ0) is 17.9. The third kappa shape index (κ3) is 7.40. The average molecular weight is 332 g/mol. The molecular weight excluding hydrogens is 304 g/mol.